The number of hydrogen-bond acceptors (Lipinski definition) is 7. The van der Waals surface area contributed by atoms with Crippen LogP contribution in [0.5, 0.6) is 0 Å². The summed E-state index contributed by atoms with van der Waals surface area (Å²) in [6, 6.07) is 13.2. The van der Waals surface area contributed by atoms with E-state index < -0.39 is 26.8 Å². The number of likely N-dealkylation sites (tertiary alicyclic amines) is 1. The van der Waals surface area contributed by atoms with Crippen LogP contribution in [-0.2, 0) is 30.9 Å². The lowest BCUT2D eigenvalue weighted by Gasteiger charge is -2.42. The molecule has 194 valence electrons. The zero-order chi connectivity index (χ0) is 25.8. The van der Waals surface area contributed by atoms with Crippen molar-refractivity contribution in [1.29, 1.82) is 0 Å². The van der Waals surface area contributed by atoms with Gasteiger partial charge in [-0.15, -0.1) is 0 Å². The average molecular weight is 581 g/mol. The first-order valence-corrected chi connectivity index (χ1v) is 14.2. The molecule has 2 aliphatic rings. The van der Waals surface area contributed by atoms with Crippen molar-refractivity contribution in [3.8, 4) is 0 Å². The van der Waals surface area contributed by atoms with Gasteiger partial charge in [0.1, 0.15) is 6.61 Å². The fourth-order valence-electron chi connectivity index (χ4n) is 4.88. The van der Waals surface area contributed by atoms with Crippen LogP contribution in [0.15, 0.2) is 53.1 Å². The zero-order valence-electron chi connectivity index (χ0n) is 20.1. The fourth-order valence-corrected chi connectivity index (χ4v) is 7.30. The van der Waals surface area contributed by atoms with Gasteiger partial charge >= 0.3 is 12.1 Å². The number of hydrogen-bond donors (Lipinski definition) is 0. The zero-order valence-corrected chi connectivity index (χ0v) is 22.5. The van der Waals surface area contributed by atoms with Crippen molar-refractivity contribution >= 4 is 38.0 Å². The van der Waals surface area contributed by atoms with Crippen molar-refractivity contribution in [2.45, 2.75) is 43.0 Å². The van der Waals surface area contributed by atoms with Crippen LogP contribution >= 0.6 is 15.9 Å². The van der Waals surface area contributed by atoms with E-state index in [0.29, 0.717) is 25.9 Å². The Morgan fingerprint density at radius 1 is 1.06 bits per heavy atom. The molecule has 0 bridgehead atoms. The number of pyridine rings is 1. The smallest absolute Gasteiger partial charge is 0.410 e. The van der Waals surface area contributed by atoms with Gasteiger partial charge in [-0.1, -0.05) is 30.3 Å². The van der Waals surface area contributed by atoms with E-state index in [4.69, 9.17) is 9.47 Å². The van der Waals surface area contributed by atoms with Crippen molar-refractivity contribution in [2.24, 2.45) is 0 Å². The highest BCUT2D eigenvalue weighted by Crippen LogP contribution is 2.38. The van der Waals surface area contributed by atoms with Crippen LogP contribution in [0.1, 0.15) is 42.9 Å². The number of rotatable bonds is 6. The predicted molar refractivity (Wildman–Crippen MR) is 137 cm³/mol. The molecule has 4 rings (SSSR count). The topological polar surface area (TPSA) is 106 Å². The van der Waals surface area contributed by atoms with Gasteiger partial charge in [0.2, 0.25) is 10.0 Å². The minimum Gasteiger partial charge on any atom is -0.468 e. The highest BCUT2D eigenvalue weighted by Gasteiger charge is 2.56. The number of carbonyl (C=O) groups is 2. The van der Waals surface area contributed by atoms with E-state index in [1.54, 1.807) is 6.20 Å². The molecule has 0 N–H and O–H groups in total. The molecule has 0 unspecified atom stereocenters. The number of sulfonamides is 1. The summed E-state index contributed by atoms with van der Waals surface area (Å²) in [7, 11) is -2.82. The van der Waals surface area contributed by atoms with Gasteiger partial charge in [0.25, 0.3) is 0 Å². The van der Waals surface area contributed by atoms with E-state index in [9.17, 15) is 18.0 Å². The van der Waals surface area contributed by atoms with Crippen LogP contribution in [0.2, 0.25) is 0 Å². The highest BCUT2D eigenvalue weighted by atomic mass is 79.9. The van der Waals surface area contributed by atoms with Gasteiger partial charge in [-0.25, -0.2) is 17.5 Å². The highest BCUT2D eigenvalue weighted by molar-refractivity contribution is 9.10. The maximum Gasteiger partial charge on any atom is 0.410 e. The van der Waals surface area contributed by atoms with Crippen molar-refractivity contribution in [1.82, 2.24) is 14.2 Å². The molecule has 9 nitrogen and oxygen atoms in total. The molecule has 0 saturated carbocycles. The van der Waals surface area contributed by atoms with Gasteiger partial charge in [-0.2, -0.15) is 0 Å². The molecule has 2 fully saturated rings. The molecule has 0 radical (unpaired) electrons. The molecule has 3 heterocycles. The summed E-state index contributed by atoms with van der Waals surface area (Å²) in [5.74, 6) is -0.628. The van der Waals surface area contributed by atoms with E-state index >= 15 is 0 Å². The molecule has 0 spiro atoms. The quantitative estimate of drug-likeness (QED) is 0.480. The minimum absolute atomic E-state index is 0.0450. The third-order valence-electron chi connectivity index (χ3n) is 7.05. The fraction of sp³-hybridized carbons (Fsp3) is 0.480. The second-order valence-corrected chi connectivity index (χ2v) is 12.3. The maximum atomic E-state index is 13.8. The first-order valence-electron chi connectivity index (χ1n) is 11.9. The van der Waals surface area contributed by atoms with E-state index in [-0.39, 0.29) is 38.5 Å². The van der Waals surface area contributed by atoms with Crippen LogP contribution in [0.3, 0.4) is 0 Å². The number of carbonyl (C=O) groups excluding carboxylic acids is 2. The predicted octanol–water partition coefficient (Wildman–Crippen LogP) is 3.70. The Balaban J connectivity index is 1.41. The van der Waals surface area contributed by atoms with Gasteiger partial charge in [0, 0.05) is 48.5 Å². The maximum absolute atomic E-state index is 13.8. The first kappa shape index (κ1) is 26.6. The Labute approximate surface area is 220 Å². The Kier molecular flexibility index (Phi) is 8.31. The van der Waals surface area contributed by atoms with Crippen molar-refractivity contribution < 1.29 is 27.5 Å². The summed E-state index contributed by atoms with van der Waals surface area (Å²) < 4.78 is 38.6. The Morgan fingerprint density at radius 3 is 2.31 bits per heavy atom. The molecule has 2 aliphatic heterocycles. The second-order valence-electron chi connectivity index (χ2n) is 9.09. The van der Waals surface area contributed by atoms with Gasteiger partial charge in [-0.3, -0.25) is 9.78 Å². The lowest BCUT2D eigenvalue weighted by atomic mass is 9.94. The second kappa shape index (κ2) is 11.3. The molecular weight excluding hydrogens is 550 g/mol. The van der Waals surface area contributed by atoms with Crippen molar-refractivity contribution in [3.63, 3.8) is 0 Å². The van der Waals surface area contributed by atoms with Gasteiger partial charge in [-0.05, 0) is 59.3 Å². The number of methoxy groups -OCH3 is 1. The van der Waals surface area contributed by atoms with Gasteiger partial charge in [0.15, 0.2) is 4.75 Å². The number of halogens is 1. The molecule has 1 aromatic carbocycles. The first-order chi connectivity index (χ1) is 17.3. The van der Waals surface area contributed by atoms with E-state index in [1.807, 2.05) is 42.5 Å². The lowest BCUT2D eigenvalue weighted by Crippen LogP contribution is -2.60. The van der Waals surface area contributed by atoms with E-state index in [2.05, 4.69) is 20.9 Å². The number of aromatic nitrogens is 1. The van der Waals surface area contributed by atoms with Crippen LogP contribution in [0.4, 0.5) is 4.79 Å². The summed E-state index contributed by atoms with van der Waals surface area (Å²) in [5.41, 5.74) is 1.79. The number of amides is 1. The summed E-state index contributed by atoms with van der Waals surface area (Å²) in [5, 5.41) is 0. The largest absolute Gasteiger partial charge is 0.468 e. The van der Waals surface area contributed by atoms with E-state index in [0.717, 1.165) is 15.7 Å². The molecule has 0 atom stereocenters. The van der Waals surface area contributed by atoms with Gasteiger partial charge in [0.05, 0.1) is 7.11 Å². The van der Waals surface area contributed by atoms with Gasteiger partial charge < -0.3 is 14.4 Å². The van der Waals surface area contributed by atoms with E-state index in [1.165, 1.54) is 16.3 Å². The molecule has 36 heavy (non-hydrogen) atoms. The van der Waals surface area contributed by atoms with Crippen molar-refractivity contribution in [3.05, 3.63) is 64.4 Å². The summed E-state index contributed by atoms with van der Waals surface area (Å²) >= 11 is 3.38. The molecule has 2 aromatic rings. The number of ether oxygens (including phenoxy) is 2. The molecule has 1 amide bonds. The van der Waals surface area contributed by atoms with Crippen LogP contribution < -0.4 is 0 Å². The molecular formula is C25H30BrN3O6S. The SMILES string of the molecule is COC(=O)C1(S(=O)(=O)N2CCC(c3ccc(Br)cn3)CC2)CCN(C(=O)OCc2ccccc2)CC1. The number of benzene rings is 1. The third kappa shape index (κ3) is 5.42. The van der Waals surface area contributed by atoms with Crippen LogP contribution in [-0.4, -0.2) is 72.7 Å². The third-order valence-corrected chi connectivity index (χ3v) is 10.1. The average Bonchev–Trinajstić information content (AvgIpc) is 2.92. The Bertz CT molecular complexity index is 1160. The molecule has 0 aliphatic carbocycles. The summed E-state index contributed by atoms with van der Waals surface area (Å²) in [4.78, 5) is 31.4. The lowest BCUT2D eigenvalue weighted by molar-refractivity contribution is -0.145. The van der Waals surface area contributed by atoms with Crippen molar-refractivity contribution in [2.75, 3.05) is 33.3 Å². The standard InChI is InChI=1S/C25H30BrN3O6S/c1-34-23(30)25(11-15-28(16-12-25)24(31)35-18-19-5-3-2-4-6-19)36(32,33)29-13-9-20(10-14-29)22-8-7-21(26)17-27-22/h2-8,17,20H,9-16,18H2,1H3. The molecule has 2 saturated heterocycles. The molecule has 1 aromatic heterocycles. The monoisotopic (exact) mass is 579 g/mol. The van der Waals surface area contributed by atoms with Crippen LogP contribution in [0.25, 0.3) is 0 Å². The molecule has 11 heteroatoms. The summed E-state index contributed by atoms with van der Waals surface area (Å²) in [6.07, 6.45) is 2.35. The minimum atomic E-state index is -4.02. The Hall–Kier alpha value is -2.50. The van der Waals surface area contributed by atoms with Crippen LogP contribution in [0, 0.1) is 0 Å². The number of nitrogens with zero attached hydrogens (tertiary/aromatic N) is 3. The summed E-state index contributed by atoms with van der Waals surface area (Å²) in [6.45, 7) is 0.889. The number of esters is 1. The normalized spacial score (nSPS) is 19.0. The number of piperidine rings is 2. The Morgan fingerprint density at radius 2 is 1.72 bits per heavy atom.